The lowest BCUT2D eigenvalue weighted by Gasteiger charge is -2.05. The van der Waals surface area contributed by atoms with Gasteiger partial charge in [-0.25, -0.2) is 9.78 Å². The molecular formula is C10H9N3O2. The molecule has 5 heteroatoms. The molecule has 2 aromatic rings. The van der Waals surface area contributed by atoms with Crippen LogP contribution in [-0.2, 0) is 0 Å². The quantitative estimate of drug-likeness (QED) is 0.730. The highest BCUT2D eigenvalue weighted by Gasteiger charge is 2.06. The number of hydrogen-bond donors (Lipinski definition) is 2. The number of carbonyl (C=O) groups is 1. The van der Waals surface area contributed by atoms with Gasteiger partial charge in [-0.3, -0.25) is 0 Å². The number of nitrogens with two attached hydrogens (primary N) is 2. The number of primary amides is 1. The third-order valence-electron chi connectivity index (χ3n) is 1.93. The molecule has 0 saturated carbocycles. The van der Waals surface area contributed by atoms with Gasteiger partial charge in [0.2, 0.25) is 0 Å². The summed E-state index contributed by atoms with van der Waals surface area (Å²) in [5, 5.41) is 0.836. The van der Waals surface area contributed by atoms with E-state index in [2.05, 4.69) is 4.98 Å². The molecule has 1 aromatic heterocycles. The molecule has 0 fully saturated rings. The summed E-state index contributed by atoms with van der Waals surface area (Å²) in [6, 6.07) is 9.00. The Balaban J connectivity index is 2.56. The van der Waals surface area contributed by atoms with Gasteiger partial charge in [-0.05, 0) is 12.1 Å². The van der Waals surface area contributed by atoms with Gasteiger partial charge < -0.3 is 16.2 Å². The topological polar surface area (TPSA) is 91.2 Å². The fraction of sp³-hybridized carbons (Fsp3) is 0. The van der Waals surface area contributed by atoms with Gasteiger partial charge in [0.15, 0.2) is 11.6 Å². The van der Waals surface area contributed by atoms with E-state index in [9.17, 15) is 4.79 Å². The van der Waals surface area contributed by atoms with Crippen LogP contribution in [0.15, 0.2) is 30.3 Å². The summed E-state index contributed by atoms with van der Waals surface area (Å²) >= 11 is 0. The van der Waals surface area contributed by atoms with E-state index in [0.717, 1.165) is 10.9 Å². The second-order valence-electron chi connectivity index (χ2n) is 2.99. The lowest BCUT2D eigenvalue weighted by Crippen LogP contribution is -2.17. The molecule has 1 aromatic carbocycles. The third-order valence-corrected chi connectivity index (χ3v) is 1.93. The van der Waals surface area contributed by atoms with E-state index in [1.807, 2.05) is 24.3 Å². The first kappa shape index (κ1) is 9.26. The summed E-state index contributed by atoms with van der Waals surface area (Å²) in [5.41, 5.74) is 11.2. The first-order chi connectivity index (χ1) is 7.16. The van der Waals surface area contributed by atoms with Crippen molar-refractivity contribution in [2.75, 3.05) is 5.73 Å². The second-order valence-corrected chi connectivity index (χ2v) is 2.99. The van der Waals surface area contributed by atoms with E-state index in [1.165, 1.54) is 0 Å². The zero-order chi connectivity index (χ0) is 10.8. The van der Waals surface area contributed by atoms with Crippen molar-refractivity contribution >= 4 is 22.8 Å². The molecule has 76 valence electrons. The van der Waals surface area contributed by atoms with Crippen molar-refractivity contribution in [2.24, 2.45) is 5.73 Å². The van der Waals surface area contributed by atoms with E-state index < -0.39 is 6.09 Å². The van der Waals surface area contributed by atoms with Crippen LogP contribution >= 0.6 is 0 Å². The Labute approximate surface area is 85.7 Å². The zero-order valence-corrected chi connectivity index (χ0v) is 7.81. The number of nitrogens with zero attached hydrogens (tertiary/aromatic N) is 1. The lowest BCUT2D eigenvalue weighted by molar-refractivity contribution is 0.211. The van der Waals surface area contributed by atoms with Gasteiger partial charge in [-0.15, -0.1) is 0 Å². The number of anilines is 1. The molecule has 0 aliphatic carbocycles. The minimum absolute atomic E-state index is 0.146. The highest BCUT2D eigenvalue weighted by atomic mass is 16.5. The number of pyridine rings is 1. The van der Waals surface area contributed by atoms with Gasteiger partial charge in [-0.1, -0.05) is 18.2 Å². The Hall–Kier alpha value is -2.30. The zero-order valence-electron chi connectivity index (χ0n) is 7.81. The number of benzene rings is 1. The molecule has 0 spiro atoms. The molecule has 0 bridgehead atoms. The molecular weight excluding hydrogens is 194 g/mol. The molecule has 4 N–H and O–H groups in total. The van der Waals surface area contributed by atoms with Crippen LogP contribution in [0.2, 0.25) is 0 Å². The average Bonchev–Trinajstić information content (AvgIpc) is 2.18. The Morgan fingerprint density at radius 2 is 2.07 bits per heavy atom. The van der Waals surface area contributed by atoms with Crippen LogP contribution in [0.3, 0.4) is 0 Å². The number of amides is 1. The van der Waals surface area contributed by atoms with Crippen molar-refractivity contribution in [1.82, 2.24) is 4.98 Å². The molecule has 5 nitrogen and oxygen atoms in total. The van der Waals surface area contributed by atoms with Gasteiger partial charge in [0.25, 0.3) is 0 Å². The number of carbonyl (C=O) groups excluding carboxylic acids is 1. The van der Waals surface area contributed by atoms with Crippen LogP contribution in [0.4, 0.5) is 10.6 Å². The highest BCUT2D eigenvalue weighted by Crippen LogP contribution is 2.24. The highest BCUT2D eigenvalue weighted by molar-refractivity contribution is 5.83. The molecule has 2 rings (SSSR count). The van der Waals surface area contributed by atoms with Crippen LogP contribution < -0.4 is 16.2 Å². The standard InChI is InChI=1S/C10H9N3O2/c11-9-8(15-10(12)14)5-6-3-1-2-4-7(6)13-9/h1-5H,(H2,11,13)(H2,12,14). The molecule has 15 heavy (non-hydrogen) atoms. The van der Waals surface area contributed by atoms with Crippen LogP contribution in [-0.4, -0.2) is 11.1 Å². The van der Waals surface area contributed by atoms with E-state index in [4.69, 9.17) is 16.2 Å². The number of rotatable bonds is 1. The summed E-state index contributed by atoms with van der Waals surface area (Å²) < 4.78 is 4.70. The molecule has 1 heterocycles. The maximum atomic E-state index is 10.6. The van der Waals surface area contributed by atoms with Gasteiger partial charge in [-0.2, -0.15) is 0 Å². The molecule has 0 aliphatic rings. The van der Waals surface area contributed by atoms with Gasteiger partial charge in [0.1, 0.15) is 0 Å². The normalized spacial score (nSPS) is 10.1. The molecule has 0 saturated heterocycles. The summed E-state index contributed by atoms with van der Waals surface area (Å²) in [4.78, 5) is 14.6. The Morgan fingerprint density at radius 3 is 2.80 bits per heavy atom. The first-order valence-electron chi connectivity index (χ1n) is 4.29. The Kier molecular flexibility index (Phi) is 2.13. The number of nitrogen functional groups attached to an aromatic ring is 1. The molecule has 0 atom stereocenters. The first-order valence-corrected chi connectivity index (χ1v) is 4.29. The van der Waals surface area contributed by atoms with Crippen molar-refractivity contribution in [3.8, 4) is 5.75 Å². The van der Waals surface area contributed by atoms with Gasteiger partial charge >= 0.3 is 6.09 Å². The molecule has 0 aliphatic heterocycles. The van der Waals surface area contributed by atoms with Gasteiger partial charge in [0, 0.05) is 5.39 Å². The van der Waals surface area contributed by atoms with Crippen LogP contribution in [0.25, 0.3) is 10.9 Å². The van der Waals surface area contributed by atoms with Crippen molar-refractivity contribution in [2.45, 2.75) is 0 Å². The minimum atomic E-state index is -0.904. The van der Waals surface area contributed by atoms with Crippen LogP contribution in [0, 0.1) is 0 Å². The number of aromatic nitrogens is 1. The predicted molar refractivity (Wildman–Crippen MR) is 56.4 cm³/mol. The Bertz CT molecular complexity index is 525. The van der Waals surface area contributed by atoms with Crippen LogP contribution in [0.1, 0.15) is 0 Å². The lowest BCUT2D eigenvalue weighted by atomic mass is 10.2. The minimum Gasteiger partial charge on any atom is -0.407 e. The summed E-state index contributed by atoms with van der Waals surface area (Å²) in [5.74, 6) is 0.328. The predicted octanol–water partition coefficient (Wildman–Crippen LogP) is 1.27. The van der Waals surface area contributed by atoms with E-state index >= 15 is 0 Å². The van der Waals surface area contributed by atoms with E-state index in [1.54, 1.807) is 6.07 Å². The van der Waals surface area contributed by atoms with E-state index in [-0.39, 0.29) is 11.6 Å². The van der Waals surface area contributed by atoms with E-state index in [0.29, 0.717) is 0 Å². The summed E-state index contributed by atoms with van der Waals surface area (Å²) in [7, 11) is 0. The molecule has 0 unspecified atom stereocenters. The molecule has 1 amide bonds. The second kappa shape index (κ2) is 3.45. The van der Waals surface area contributed by atoms with Crippen molar-refractivity contribution in [3.05, 3.63) is 30.3 Å². The SMILES string of the molecule is NC(=O)Oc1cc2ccccc2nc1N. The van der Waals surface area contributed by atoms with Crippen molar-refractivity contribution < 1.29 is 9.53 Å². The maximum absolute atomic E-state index is 10.6. The number of para-hydroxylation sites is 1. The maximum Gasteiger partial charge on any atom is 0.410 e. The monoisotopic (exact) mass is 203 g/mol. The van der Waals surface area contributed by atoms with Crippen molar-refractivity contribution in [1.29, 1.82) is 0 Å². The number of hydrogen-bond acceptors (Lipinski definition) is 4. The number of fused-ring (bicyclic) bond motifs is 1. The summed E-state index contributed by atoms with van der Waals surface area (Å²) in [6.07, 6.45) is -0.904. The van der Waals surface area contributed by atoms with Crippen LogP contribution in [0.5, 0.6) is 5.75 Å². The fourth-order valence-corrected chi connectivity index (χ4v) is 1.30. The Morgan fingerprint density at radius 1 is 1.33 bits per heavy atom. The molecule has 0 radical (unpaired) electrons. The third kappa shape index (κ3) is 1.80. The van der Waals surface area contributed by atoms with Crippen molar-refractivity contribution in [3.63, 3.8) is 0 Å². The smallest absolute Gasteiger partial charge is 0.407 e. The largest absolute Gasteiger partial charge is 0.410 e. The summed E-state index contributed by atoms with van der Waals surface area (Å²) in [6.45, 7) is 0. The van der Waals surface area contributed by atoms with Gasteiger partial charge in [0.05, 0.1) is 5.52 Å². The fourth-order valence-electron chi connectivity index (χ4n) is 1.30. The average molecular weight is 203 g/mol. The number of ether oxygens (including phenoxy) is 1.